The highest BCUT2D eigenvalue weighted by Gasteiger charge is 2.31. The summed E-state index contributed by atoms with van der Waals surface area (Å²) in [5.41, 5.74) is 10.6. The number of nitrogens with one attached hydrogen (secondary N) is 1. The van der Waals surface area contributed by atoms with Crippen LogP contribution in [-0.2, 0) is 29.1 Å². The van der Waals surface area contributed by atoms with Gasteiger partial charge in [-0.15, -0.1) is 11.3 Å². The van der Waals surface area contributed by atoms with Crippen molar-refractivity contribution in [3.63, 3.8) is 0 Å². The molecule has 1 fully saturated rings. The molecule has 0 bridgehead atoms. The largest absolute Gasteiger partial charge is 0.397 e. The van der Waals surface area contributed by atoms with Crippen LogP contribution in [0.25, 0.3) is 10.2 Å². The van der Waals surface area contributed by atoms with Crippen molar-refractivity contribution in [1.82, 2.24) is 10.3 Å². The van der Waals surface area contributed by atoms with E-state index in [1.807, 2.05) is 0 Å². The number of hydrogen-bond acceptors (Lipinski definition) is 6. The lowest BCUT2D eigenvalue weighted by Gasteiger charge is -2.19. The van der Waals surface area contributed by atoms with Gasteiger partial charge in [-0.2, -0.15) is 0 Å². The average molecular weight is 394 g/mol. The van der Waals surface area contributed by atoms with Gasteiger partial charge in [0.1, 0.15) is 9.71 Å². The number of aryl methyl sites for hydroxylation is 2. The number of sulfone groups is 1. The standard InChI is InChI=1S/C18H23N3O3S2/c1-2-13-11-5-3-4-6-12(11)14-15(19)16(25-18(14)21-13)17(22)20-10-7-8-26(23,24)9-10/h10H,2-9,19H2,1H3,(H,20,22)/t10-/m1/s1. The zero-order valence-electron chi connectivity index (χ0n) is 14.8. The summed E-state index contributed by atoms with van der Waals surface area (Å²) in [5.74, 6) is -0.137. The molecule has 4 rings (SSSR count). The molecule has 26 heavy (non-hydrogen) atoms. The van der Waals surface area contributed by atoms with E-state index < -0.39 is 9.84 Å². The molecule has 1 aliphatic heterocycles. The second-order valence-electron chi connectivity index (χ2n) is 7.17. The number of nitrogen functional groups attached to an aromatic ring is 1. The molecule has 0 saturated carbocycles. The molecule has 0 unspecified atom stereocenters. The first-order valence-corrected chi connectivity index (χ1v) is 11.8. The minimum atomic E-state index is -3.03. The number of thiophene rings is 1. The smallest absolute Gasteiger partial charge is 0.263 e. The van der Waals surface area contributed by atoms with Crippen LogP contribution in [0.5, 0.6) is 0 Å². The highest BCUT2D eigenvalue weighted by atomic mass is 32.2. The molecule has 3 heterocycles. The topological polar surface area (TPSA) is 102 Å². The van der Waals surface area contributed by atoms with Gasteiger partial charge in [0.05, 0.1) is 17.2 Å². The molecule has 3 N–H and O–H groups in total. The van der Waals surface area contributed by atoms with Crippen molar-refractivity contribution in [2.24, 2.45) is 0 Å². The SMILES string of the molecule is CCc1nc2sc(C(=O)N[C@@H]3CCS(=O)(=O)C3)c(N)c2c2c1CCCC2. The number of hydrogen-bond donors (Lipinski definition) is 2. The first kappa shape index (κ1) is 17.7. The quantitative estimate of drug-likeness (QED) is 0.833. The van der Waals surface area contributed by atoms with Crippen molar-refractivity contribution < 1.29 is 13.2 Å². The Morgan fingerprint density at radius 2 is 2.04 bits per heavy atom. The lowest BCUT2D eigenvalue weighted by atomic mass is 9.88. The van der Waals surface area contributed by atoms with Crippen LogP contribution < -0.4 is 11.1 Å². The van der Waals surface area contributed by atoms with Crippen LogP contribution in [-0.4, -0.2) is 36.9 Å². The fourth-order valence-corrected chi connectivity index (χ4v) is 6.83. The first-order valence-electron chi connectivity index (χ1n) is 9.13. The molecule has 2 aromatic heterocycles. The molecule has 1 saturated heterocycles. The summed E-state index contributed by atoms with van der Waals surface area (Å²) < 4.78 is 23.2. The molecule has 1 amide bonds. The summed E-state index contributed by atoms with van der Waals surface area (Å²) in [4.78, 5) is 18.8. The number of fused-ring (bicyclic) bond motifs is 3. The summed E-state index contributed by atoms with van der Waals surface area (Å²) in [6, 6.07) is -0.329. The van der Waals surface area contributed by atoms with Crippen LogP contribution >= 0.6 is 11.3 Å². The van der Waals surface area contributed by atoms with Gasteiger partial charge < -0.3 is 11.1 Å². The minimum absolute atomic E-state index is 0.0111. The molecule has 0 spiro atoms. The highest BCUT2D eigenvalue weighted by Crippen LogP contribution is 2.40. The molecule has 2 aliphatic rings. The number of rotatable bonds is 3. The lowest BCUT2D eigenvalue weighted by molar-refractivity contribution is 0.0946. The van der Waals surface area contributed by atoms with Gasteiger partial charge in [0, 0.05) is 17.1 Å². The second kappa shape index (κ2) is 6.49. The van der Waals surface area contributed by atoms with Crippen LogP contribution in [0.4, 0.5) is 5.69 Å². The Kier molecular flexibility index (Phi) is 4.43. The Labute approximate surface area is 157 Å². The van der Waals surface area contributed by atoms with E-state index in [4.69, 9.17) is 10.7 Å². The van der Waals surface area contributed by atoms with Crippen LogP contribution in [0.2, 0.25) is 0 Å². The maximum absolute atomic E-state index is 12.7. The van der Waals surface area contributed by atoms with Crippen LogP contribution in [0.3, 0.4) is 0 Å². The molecule has 0 aromatic carbocycles. The van der Waals surface area contributed by atoms with E-state index in [2.05, 4.69) is 12.2 Å². The summed E-state index contributed by atoms with van der Waals surface area (Å²) in [6.45, 7) is 2.11. The Morgan fingerprint density at radius 1 is 1.31 bits per heavy atom. The normalized spacial score (nSPS) is 21.7. The third-order valence-corrected chi connectivity index (χ3v) is 8.26. The van der Waals surface area contributed by atoms with E-state index in [0.717, 1.165) is 41.6 Å². The number of pyridine rings is 1. The fourth-order valence-electron chi connectivity index (χ4n) is 4.11. The lowest BCUT2D eigenvalue weighted by Crippen LogP contribution is -2.35. The van der Waals surface area contributed by atoms with Crippen LogP contribution in [0, 0.1) is 0 Å². The predicted molar refractivity (Wildman–Crippen MR) is 105 cm³/mol. The molecular weight excluding hydrogens is 370 g/mol. The van der Waals surface area contributed by atoms with Crippen molar-refractivity contribution >= 4 is 43.0 Å². The molecule has 140 valence electrons. The summed E-state index contributed by atoms with van der Waals surface area (Å²) >= 11 is 1.32. The van der Waals surface area contributed by atoms with Gasteiger partial charge in [0.15, 0.2) is 9.84 Å². The molecule has 8 heteroatoms. The van der Waals surface area contributed by atoms with Crippen molar-refractivity contribution in [2.75, 3.05) is 17.2 Å². The van der Waals surface area contributed by atoms with Crippen LogP contribution in [0.15, 0.2) is 0 Å². The highest BCUT2D eigenvalue weighted by molar-refractivity contribution is 7.91. The molecule has 1 atom stereocenters. The van der Waals surface area contributed by atoms with E-state index in [9.17, 15) is 13.2 Å². The van der Waals surface area contributed by atoms with Gasteiger partial charge in [-0.05, 0) is 49.7 Å². The zero-order valence-corrected chi connectivity index (χ0v) is 16.4. The Morgan fingerprint density at radius 3 is 2.69 bits per heavy atom. The van der Waals surface area contributed by atoms with Gasteiger partial charge >= 0.3 is 0 Å². The third-order valence-electron chi connectivity index (χ3n) is 5.39. The maximum Gasteiger partial charge on any atom is 0.263 e. The Bertz CT molecular complexity index is 995. The predicted octanol–water partition coefficient (Wildman–Crippen LogP) is 2.24. The second-order valence-corrected chi connectivity index (χ2v) is 10.4. The molecule has 2 aromatic rings. The number of nitrogens with two attached hydrogens (primary N) is 1. The van der Waals surface area contributed by atoms with E-state index >= 15 is 0 Å². The Hall–Kier alpha value is -1.67. The number of aromatic nitrogens is 1. The molecular formula is C18H23N3O3S2. The van der Waals surface area contributed by atoms with Gasteiger partial charge in [-0.3, -0.25) is 4.79 Å². The number of carbonyl (C=O) groups is 1. The number of anilines is 1. The van der Waals surface area contributed by atoms with E-state index in [0.29, 0.717) is 17.0 Å². The van der Waals surface area contributed by atoms with Crippen LogP contribution in [0.1, 0.15) is 52.7 Å². The summed E-state index contributed by atoms with van der Waals surface area (Å²) in [6.07, 6.45) is 5.64. The van der Waals surface area contributed by atoms with Gasteiger partial charge in [-0.25, -0.2) is 13.4 Å². The first-order chi connectivity index (χ1) is 12.4. The maximum atomic E-state index is 12.7. The van der Waals surface area contributed by atoms with Crippen molar-refractivity contribution in [2.45, 2.75) is 51.5 Å². The van der Waals surface area contributed by atoms with Crippen molar-refractivity contribution in [3.8, 4) is 0 Å². The van der Waals surface area contributed by atoms with E-state index in [-0.39, 0.29) is 23.5 Å². The third kappa shape index (κ3) is 2.99. The molecule has 6 nitrogen and oxygen atoms in total. The molecule has 1 aliphatic carbocycles. The minimum Gasteiger partial charge on any atom is -0.397 e. The number of amides is 1. The monoisotopic (exact) mass is 393 g/mol. The van der Waals surface area contributed by atoms with Gasteiger partial charge in [0.25, 0.3) is 5.91 Å². The van der Waals surface area contributed by atoms with Crippen molar-refractivity contribution in [1.29, 1.82) is 0 Å². The number of carbonyl (C=O) groups excluding carboxylic acids is 1. The summed E-state index contributed by atoms with van der Waals surface area (Å²) in [7, 11) is -3.03. The fraction of sp³-hybridized carbons (Fsp3) is 0.556. The van der Waals surface area contributed by atoms with Gasteiger partial charge in [-0.1, -0.05) is 6.92 Å². The molecule has 0 radical (unpaired) electrons. The number of nitrogens with zero attached hydrogens (tertiary/aromatic N) is 1. The zero-order chi connectivity index (χ0) is 18.5. The van der Waals surface area contributed by atoms with E-state index in [1.165, 1.54) is 28.9 Å². The average Bonchev–Trinajstić information content (AvgIpc) is 3.13. The summed E-state index contributed by atoms with van der Waals surface area (Å²) in [5, 5.41) is 3.78. The Balaban J connectivity index is 1.72. The van der Waals surface area contributed by atoms with Crippen molar-refractivity contribution in [3.05, 3.63) is 21.7 Å². The van der Waals surface area contributed by atoms with Gasteiger partial charge in [0.2, 0.25) is 0 Å². The van der Waals surface area contributed by atoms with E-state index in [1.54, 1.807) is 0 Å².